The summed E-state index contributed by atoms with van der Waals surface area (Å²) in [6.45, 7) is 11.2. The van der Waals surface area contributed by atoms with Gasteiger partial charge in [0.05, 0.1) is 6.10 Å². The highest BCUT2D eigenvalue weighted by Crippen LogP contribution is 2.53. The quantitative estimate of drug-likeness (QED) is 0.683. The number of hydrogen-bond acceptors (Lipinski definition) is 3. The number of hydrogen-bond donors (Lipinski definition) is 0. The van der Waals surface area contributed by atoms with E-state index in [1.165, 1.54) is 0 Å². The number of nitrogens with zero attached hydrogens (tertiary/aromatic N) is 2. The van der Waals surface area contributed by atoms with Gasteiger partial charge in [-0.05, 0) is 41.5 Å². The van der Waals surface area contributed by atoms with Crippen LogP contribution in [-0.4, -0.2) is 22.9 Å². The summed E-state index contributed by atoms with van der Waals surface area (Å²) in [5.41, 5.74) is 0. The largest absolute Gasteiger partial charge is 0.371 e. The van der Waals surface area contributed by atoms with Crippen molar-refractivity contribution in [2.24, 2.45) is 0 Å². The summed E-state index contributed by atoms with van der Waals surface area (Å²) in [5, 5.41) is 9.02. The van der Waals surface area contributed by atoms with Crippen LogP contribution >= 0.6 is 7.52 Å². The average molecular weight is 232 g/mol. The molecule has 1 atom stereocenters. The van der Waals surface area contributed by atoms with E-state index in [1.807, 2.05) is 33.5 Å². The third-order valence-corrected chi connectivity index (χ3v) is 4.33. The van der Waals surface area contributed by atoms with E-state index in [2.05, 4.69) is 0 Å². The van der Waals surface area contributed by atoms with Crippen molar-refractivity contribution >= 4 is 7.52 Å². The van der Waals surface area contributed by atoms with Gasteiger partial charge >= 0.3 is 7.52 Å². The third-order valence-electron chi connectivity index (χ3n) is 1.84. The predicted molar refractivity (Wildman–Crippen MR) is 61.6 cm³/mol. The van der Waals surface area contributed by atoms with E-state index in [4.69, 9.17) is 9.79 Å². The van der Waals surface area contributed by atoms with Gasteiger partial charge in [0, 0.05) is 12.1 Å². The van der Waals surface area contributed by atoms with Gasteiger partial charge < -0.3 is 4.52 Å². The second-order valence-corrected chi connectivity index (χ2v) is 6.26. The van der Waals surface area contributed by atoms with Crippen molar-refractivity contribution in [2.45, 2.75) is 59.7 Å². The van der Waals surface area contributed by atoms with Gasteiger partial charge in [0.2, 0.25) is 0 Å². The first-order valence-electron chi connectivity index (χ1n) is 5.23. The summed E-state index contributed by atoms with van der Waals surface area (Å²) in [6.07, 6.45) is -0.213. The Balaban J connectivity index is 5.07. The maximum Gasteiger partial charge on any atom is 0.371 e. The van der Waals surface area contributed by atoms with E-state index >= 15 is 0 Å². The SMILES string of the molecule is CC(C)OP(=O)(C#N)N(C(C)C)C(C)C. The Hall–Kier alpha value is -0.360. The van der Waals surface area contributed by atoms with Gasteiger partial charge in [0.1, 0.15) is 0 Å². The van der Waals surface area contributed by atoms with E-state index in [0.717, 1.165) is 0 Å². The minimum absolute atomic E-state index is 0.0224. The molecule has 0 aliphatic heterocycles. The van der Waals surface area contributed by atoms with Crippen LogP contribution in [0, 0.1) is 11.1 Å². The zero-order valence-corrected chi connectivity index (χ0v) is 11.3. The molecule has 88 valence electrons. The molecular weight excluding hydrogens is 211 g/mol. The lowest BCUT2D eigenvalue weighted by atomic mass is 10.3. The van der Waals surface area contributed by atoms with Gasteiger partial charge in [-0.2, -0.15) is 5.26 Å². The fraction of sp³-hybridized carbons (Fsp3) is 0.900. The molecule has 0 saturated heterocycles. The third kappa shape index (κ3) is 3.95. The summed E-state index contributed by atoms with van der Waals surface area (Å²) >= 11 is 0. The fourth-order valence-electron chi connectivity index (χ4n) is 1.62. The molecular formula is C10H21N2O2P. The first-order valence-corrected chi connectivity index (χ1v) is 6.81. The van der Waals surface area contributed by atoms with Crippen molar-refractivity contribution < 1.29 is 9.09 Å². The molecule has 15 heavy (non-hydrogen) atoms. The van der Waals surface area contributed by atoms with Crippen LogP contribution in [0.15, 0.2) is 0 Å². The fourth-order valence-corrected chi connectivity index (χ4v) is 3.67. The van der Waals surface area contributed by atoms with Crippen molar-refractivity contribution in [1.82, 2.24) is 4.67 Å². The Morgan fingerprint density at radius 3 is 1.73 bits per heavy atom. The molecule has 0 fully saturated rings. The number of rotatable bonds is 5. The molecule has 0 spiro atoms. The lowest BCUT2D eigenvalue weighted by molar-refractivity contribution is 0.188. The molecule has 0 rings (SSSR count). The molecule has 0 amide bonds. The van der Waals surface area contributed by atoms with E-state index < -0.39 is 7.52 Å². The lowest BCUT2D eigenvalue weighted by Crippen LogP contribution is -2.34. The Morgan fingerprint density at radius 2 is 1.53 bits per heavy atom. The molecule has 1 unspecified atom stereocenters. The van der Waals surface area contributed by atoms with Crippen molar-refractivity contribution in [2.75, 3.05) is 0 Å². The molecule has 0 aliphatic carbocycles. The zero-order chi connectivity index (χ0) is 12.2. The summed E-state index contributed by atoms with van der Waals surface area (Å²) in [6, 6.07) is 0.0449. The first kappa shape index (κ1) is 14.6. The Morgan fingerprint density at radius 1 is 1.13 bits per heavy atom. The maximum atomic E-state index is 12.3. The Kier molecular flexibility index (Phi) is 5.51. The maximum absolute atomic E-state index is 12.3. The smallest absolute Gasteiger partial charge is 0.304 e. The van der Waals surface area contributed by atoms with Crippen LogP contribution in [0.5, 0.6) is 0 Å². The van der Waals surface area contributed by atoms with E-state index in [0.29, 0.717) is 0 Å². The summed E-state index contributed by atoms with van der Waals surface area (Å²) in [4.78, 5) is 0. The van der Waals surface area contributed by atoms with Crippen LogP contribution in [0.1, 0.15) is 41.5 Å². The minimum Gasteiger partial charge on any atom is -0.304 e. The Bertz CT molecular complexity index is 274. The minimum atomic E-state index is -3.34. The molecule has 0 aliphatic rings. The van der Waals surface area contributed by atoms with Gasteiger partial charge in [-0.1, -0.05) is 0 Å². The molecule has 0 radical (unpaired) electrons. The summed E-state index contributed by atoms with van der Waals surface area (Å²) in [5.74, 6) is 1.83. The normalized spacial score (nSPS) is 16.1. The van der Waals surface area contributed by atoms with Crippen LogP contribution in [0.3, 0.4) is 0 Å². The molecule has 4 nitrogen and oxygen atoms in total. The molecule has 0 N–H and O–H groups in total. The van der Waals surface area contributed by atoms with Crippen molar-refractivity contribution in [1.29, 1.82) is 5.26 Å². The van der Waals surface area contributed by atoms with Gasteiger partial charge in [0.15, 0.2) is 5.81 Å². The van der Waals surface area contributed by atoms with Crippen molar-refractivity contribution in [3.05, 3.63) is 0 Å². The van der Waals surface area contributed by atoms with E-state index in [-0.39, 0.29) is 18.2 Å². The number of nitriles is 1. The topological polar surface area (TPSA) is 53.3 Å². The van der Waals surface area contributed by atoms with Gasteiger partial charge in [0.25, 0.3) is 0 Å². The van der Waals surface area contributed by atoms with Gasteiger partial charge in [-0.3, -0.25) is 4.57 Å². The first-order chi connectivity index (χ1) is 6.74. The molecule has 0 aromatic carbocycles. The lowest BCUT2D eigenvalue weighted by Gasteiger charge is -2.33. The summed E-state index contributed by atoms with van der Waals surface area (Å²) in [7, 11) is -3.34. The molecule has 0 saturated carbocycles. The monoisotopic (exact) mass is 232 g/mol. The Labute approximate surface area is 92.7 Å². The molecule has 0 aromatic heterocycles. The highest BCUT2D eigenvalue weighted by Gasteiger charge is 2.36. The van der Waals surface area contributed by atoms with E-state index in [1.54, 1.807) is 18.5 Å². The average Bonchev–Trinajstić information content (AvgIpc) is 2.00. The second-order valence-electron chi connectivity index (χ2n) is 4.34. The molecule has 5 heteroatoms. The van der Waals surface area contributed by atoms with Gasteiger partial charge in [-0.15, -0.1) is 0 Å². The molecule has 0 aromatic rings. The summed E-state index contributed by atoms with van der Waals surface area (Å²) < 4.78 is 19.3. The molecule has 0 bridgehead atoms. The highest BCUT2D eigenvalue weighted by atomic mass is 31.2. The highest BCUT2D eigenvalue weighted by molar-refractivity contribution is 7.61. The van der Waals surface area contributed by atoms with Crippen molar-refractivity contribution in [3.8, 4) is 5.81 Å². The zero-order valence-electron chi connectivity index (χ0n) is 10.4. The molecule has 0 heterocycles. The predicted octanol–water partition coefficient (Wildman–Crippen LogP) is 3.20. The van der Waals surface area contributed by atoms with Crippen LogP contribution in [-0.2, 0) is 9.09 Å². The van der Waals surface area contributed by atoms with E-state index in [9.17, 15) is 4.57 Å². The van der Waals surface area contributed by atoms with Crippen LogP contribution in [0.4, 0.5) is 0 Å². The van der Waals surface area contributed by atoms with Crippen molar-refractivity contribution in [3.63, 3.8) is 0 Å². The standard InChI is InChI=1S/C10H21N2O2P/c1-8(2)12(9(3)4)15(13,7-11)14-10(5)6/h8-10H,1-6H3. The van der Waals surface area contributed by atoms with Crippen LogP contribution < -0.4 is 0 Å². The van der Waals surface area contributed by atoms with Gasteiger partial charge in [-0.25, -0.2) is 4.67 Å². The second kappa shape index (κ2) is 5.65. The van der Waals surface area contributed by atoms with Crippen LogP contribution in [0.2, 0.25) is 0 Å². The van der Waals surface area contributed by atoms with Crippen LogP contribution in [0.25, 0.3) is 0 Å².